The van der Waals surface area contributed by atoms with Crippen molar-refractivity contribution in [2.45, 2.75) is 13.0 Å². The maximum absolute atomic E-state index is 13.1. The van der Waals surface area contributed by atoms with Crippen molar-refractivity contribution < 1.29 is 13.9 Å². The molecule has 21 heavy (non-hydrogen) atoms. The Kier molecular flexibility index (Phi) is 5.15. The summed E-state index contributed by atoms with van der Waals surface area (Å²) < 4.78 is 18.6. The summed E-state index contributed by atoms with van der Waals surface area (Å²) in [5.41, 5.74) is 6.69. The number of hydrogen-bond donors (Lipinski definition) is 2. The summed E-state index contributed by atoms with van der Waals surface area (Å²) in [5.74, 6) is -0.0318. The zero-order chi connectivity index (χ0) is 15.1. The van der Waals surface area contributed by atoms with Gasteiger partial charge in [0, 0.05) is 6.54 Å². The number of halogens is 1. The molecule has 0 bridgehead atoms. The molecule has 2 aromatic carbocycles. The number of anilines is 1. The molecule has 0 fully saturated rings. The number of nitrogens with two attached hydrogens (primary N) is 1. The predicted molar refractivity (Wildman–Crippen MR) is 79.5 cm³/mol. The lowest BCUT2D eigenvalue weighted by molar-refractivity contribution is -0.118. The van der Waals surface area contributed by atoms with Gasteiger partial charge in [0.1, 0.15) is 11.6 Å². The molecule has 1 amide bonds. The SMILES string of the molecule is NC(=O)CCOc1ccccc1NCc1cccc(F)c1. The molecule has 4 nitrogen and oxygen atoms in total. The molecule has 2 aromatic rings. The van der Waals surface area contributed by atoms with Gasteiger partial charge in [-0.1, -0.05) is 24.3 Å². The summed E-state index contributed by atoms with van der Waals surface area (Å²) in [6.45, 7) is 0.710. The summed E-state index contributed by atoms with van der Waals surface area (Å²) >= 11 is 0. The van der Waals surface area contributed by atoms with Crippen LogP contribution in [0.15, 0.2) is 48.5 Å². The number of benzene rings is 2. The standard InChI is InChI=1S/C16H17FN2O2/c17-13-5-3-4-12(10-13)11-19-14-6-1-2-7-15(14)21-9-8-16(18)20/h1-7,10,19H,8-9,11H2,(H2,18,20). The molecule has 0 aliphatic rings. The summed E-state index contributed by atoms with van der Waals surface area (Å²) in [7, 11) is 0. The molecule has 0 heterocycles. The highest BCUT2D eigenvalue weighted by molar-refractivity contribution is 5.73. The minimum absolute atomic E-state index is 0.165. The fourth-order valence-electron chi connectivity index (χ4n) is 1.84. The van der Waals surface area contributed by atoms with E-state index in [-0.39, 0.29) is 18.8 Å². The van der Waals surface area contributed by atoms with Crippen LogP contribution in [-0.2, 0) is 11.3 Å². The molecule has 0 aliphatic carbocycles. The number of amides is 1. The Bertz CT molecular complexity index is 617. The van der Waals surface area contributed by atoms with Crippen molar-refractivity contribution in [3.63, 3.8) is 0 Å². The quantitative estimate of drug-likeness (QED) is 0.823. The second kappa shape index (κ2) is 7.28. The molecule has 0 saturated heterocycles. The van der Waals surface area contributed by atoms with Crippen molar-refractivity contribution in [3.05, 3.63) is 59.9 Å². The first-order chi connectivity index (χ1) is 10.1. The van der Waals surface area contributed by atoms with Crippen LogP contribution in [0.2, 0.25) is 0 Å². The van der Waals surface area contributed by atoms with E-state index in [0.29, 0.717) is 12.3 Å². The van der Waals surface area contributed by atoms with Gasteiger partial charge in [-0.05, 0) is 29.8 Å². The summed E-state index contributed by atoms with van der Waals surface area (Å²) in [6, 6.07) is 13.8. The van der Waals surface area contributed by atoms with Crippen LogP contribution in [0, 0.1) is 5.82 Å². The zero-order valence-electron chi connectivity index (χ0n) is 11.5. The number of rotatable bonds is 7. The van der Waals surface area contributed by atoms with Crippen molar-refractivity contribution in [1.82, 2.24) is 0 Å². The maximum atomic E-state index is 13.1. The van der Waals surface area contributed by atoms with Crippen LogP contribution < -0.4 is 15.8 Å². The van der Waals surface area contributed by atoms with Crippen LogP contribution in [0.25, 0.3) is 0 Å². The van der Waals surface area contributed by atoms with Gasteiger partial charge in [0.15, 0.2) is 0 Å². The molecule has 0 aromatic heterocycles. The molecule has 3 N–H and O–H groups in total. The Hall–Kier alpha value is -2.56. The number of carbonyl (C=O) groups excluding carboxylic acids is 1. The molecule has 0 saturated carbocycles. The third kappa shape index (κ3) is 4.80. The van der Waals surface area contributed by atoms with Gasteiger partial charge < -0.3 is 15.8 Å². The fourth-order valence-corrected chi connectivity index (χ4v) is 1.84. The Morgan fingerprint density at radius 3 is 2.76 bits per heavy atom. The second-order valence-corrected chi connectivity index (χ2v) is 4.54. The zero-order valence-corrected chi connectivity index (χ0v) is 11.5. The Labute approximate surface area is 122 Å². The average Bonchev–Trinajstić information content (AvgIpc) is 2.46. The smallest absolute Gasteiger partial charge is 0.220 e. The molecule has 0 atom stereocenters. The normalized spacial score (nSPS) is 10.1. The average molecular weight is 288 g/mol. The number of primary amides is 1. The number of para-hydroxylation sites is 2. The minimum Gasteiger partial charge on any atom is -0.491 e. The molecular weight excluding hydrogens is 271 g/mol. The van der Waals surface area contributed by atoms with Crippen LogP contribution in [0.5, 0.6) is 5.75 Å². The van der Waals surface area contributed by atoms with Crippen molar-refractivity contribution in [3.8, 4) is 5.75 Å². The predicted octanol–water partition coefficient (Wildman–Crippen LogP) is 2.69. The summed E-state index contributed by atoms with van der Waals surface area (Å²) in [4.78, 5) is 10.7. The van der Waals surface area contributed by atoms with Gasteiger partial charge in [0.2, 0.25) is 5.91 Å². The van der Waals surface area contributed by atoms with Gasteiger partial charge in [-0.15, -0.1) is 0 Å². The van der Waals surface area contributed by atoms with Gasteiger partial charge in [0.05, 0.1) is 18.7 Å². The van der Waals surface area contributed by atoms with E-state index in [9.17, 15) is 9.18 Å². The highest BCUT2D eigenvalue weighted by atomic mass is 19.1. The molecule has 0 unspecified atom stereocenters. The van der Waals surface area contributed by atoms with Crippen molar-refractivity contribution in [2.75, 3.05) is 11.9 Å². The first kappa shape index (κ1) is 14.8. The summed E-state index contributed by atoms with van der Waals surface area (Å²) in [5, 5.41) is 3.19. The van der Waals surface area contributed by atoms with E-state index >= 15 is 0 Å². The van der Waals surface area contributed by atoms with E-state index in [1.165, 1.54) is 12.1 Å². The molecule has 2 rings (SSSR count). The number of hydrogen-bond acceptors (Lipinski definition) is 3. The van der Waals surface area contributed by atoms with E-state index in [4.69, 9.17) is 10.5 Å². The third-order valence-electron chi connectivity index (χ3n) is 2.87. The van der Waals surface area contributed by atoms with Crippen molar-refractivity contribution in [2.24, 2.45) is 5.73 Å². The van der Waals surface area contributed by atoms with Gasteiger partial charge in [-0.25, -0.2) is 4.39 Å². The van der Waals surface area contributed by atoms with E-state index < -0.39 is 5.91 Å². The first-order valence-corrected chi connectivity index (χ1v) is 6.63. The van der Waals surface area contributed by atoms with Crippen LogP contribution >= 0.6 is 0 Å². The lowest BCUT2D eigenvalue weighted by atomic mass is 10.2. The van der Waals surface area contributed by atoms with E-state index in [1.807, 2.05) is 24.3 Å². The molecule has 0 aliphatic heterocycles. The third-order valence-corrected chi connectivity index (χ3v) is 2.87. The molecule has 0 spiro atoms. The van der Waals surface area contributed by atoms with Crippen LogP contribution in [0.3, 0.4) is 0 Å². The highest BCUT2D eigenvalue weighted by Crippen LogP contribution is 2.24. The van der Waals surface area contributed by atoms with Crippen LogP contribution in [0.1, 0.15) is 12.0 Å². The Morgan fingerprint density at radius 2 is 2.00 bits per heavy atom. The topological polar surface area (TPSA) is 64.4 Å². The van der Waals surface area contributed by atoms with E-state index in [2.05, 4.69) is 5.32 Å². The number of ether oxygens (including phenoxy) is 1. The number of nitrogens with one attached hydrogen (secondary N) is 1. The van der Waals surface area contributed by atoms with Crippen molar-refractivity contribution in [1.29, 1.82) is 0 Å². The Morgan fingerprint density at radius 1 is 1.19 bits per heavy atom. The molecule has 5 heteroatoms. The van der Waals surface area contributed by atoms with E-state index in [1.54, 1.807) is 12.1 Å². The Balaban J connectivity index is 1.97. The monoisotopic (exact) mass is 288 g/mol. The number of carbonyl (C=O) groups is 1. The minimum atomic E-state index is -0.403. The lowest BCUT2D eigenvalue weighted by Gasteiger charge is -2.13. The largest absolute Gasteiger partial charge is 0.491 e. The van der Waals surface area contributed by atoms with Gasteiger partial charge in [-0.3, -0.25) is 4.79 Å². The molecule has 0 radical (unpaired) electrons. The van der Waals surface area contributed by atoms with Crippen LogP contribution in [-0.4, -0.2) is 12.5 Å². The molecule has 110 valence electrons. The van der Waals surface area contributed by atoms with Crippen molar-refractivity contribution >= 4 is 11.6 Å². The van der Waals surface area contributed by atoms with E-state index in [0.717, 1.165) is 11.3 Å². The summed E-state index contributed by atoms with van der Waals surface area (Å²) in [6.07, 6.45) is 0.165. The van der Waals surface area contributed by atoms with Gasteiger partial charge >= 0.3 is 0 Å². The lowest BCUT2D eigenvalue weighted by Crippen LogP contribution is -2.15. The highest BCUT2D eigenvalue weighted by Gasteiger charge is 2.04. The maximum Gasteiger partial charge on any atom is 0.220 e. The van der Waals surface area contributed by atoms with Crippen LogP contribution in [0.4, 0.5) is 10.1 Å². The fraction of sp³-hybridized carbons (Fsp3) is 0.188. The molecular formula is C16H17FN2O2. The van der Waals surface area contributed by atoms with Gasteiger partial charge in [-0.2, -0.15) is 0 Å². The van der Waals surface area contributed by atoms with Gasteiger partial charge in [0.25, 0.3) is 0 Å². The first-order valence-electron chi connectivity index (χ1n) is 6.63. The second-order valence-electron chi connectivity index (χ2n) is 4.54.